The molecule has 6 atom stereocenters. The maximum atomic E-state index is 12.7. The lowest BCUT2D eigenvalue weighted by molar-refractivity contribution is -0.135. The Labute approximate surface area is 215 Å². The van der Waals surface area contributed by atoms with E-state index in [0.717, 1.165) is 30.1 Å². The quantitative estimate of drug-likeness (QED) is 0.407. The summed E-state index contributed by atoms with van der Waals surface area (Å²) < 4.78 is 5.03. The molecule has 1 saturated carbocycles. The van der Waals surface area contributed by atoms with Crippen LogP contribution < -0.4 is 10.6 Å². The first-order valence-electron chi connectivity index (χ1n) is 11.8. The van der Waals surface area contributed by atoms with Crippen molar-refractivity contribution in [3.8, 4) is 0 Å². The van der Waals surface area contributed by atoms with Crippen LogP contribution in [-0.4, -0.2) is 42.4 Å². The van der Waals surface area contributed by atoms with E-state index in [2.05, 4.69) is 24.5 Å². The standard InChI is InChI=1S/C25H33Cl2N3O3S/c1-13(23(32)28-10-11-33-4)15-8-9-25(3)12-18-20(14(2)19(25)22(15)31)29-24(34-18)30-21-16(26)6-5-7-17(21)27/h5-7,13-15,19,22,31H,8-12H2,1-4H3,(H,28,32)(H,29,30)/t13-,14-,15?,19+,22-,25-/m0/s1. The van der Waals surface area contributed by atoms with Gasteiger partial charge in [0.05, 0.1) is 34.1 Å². The number of aliphatic hydroxyl groups excluding tert-OH is 1. The van der Waals surface area contributed by atoms with E-state index in [-0.39, 0.29) is 35.0 Å². The molecule has 1 amide bonds. The molecule has 1 aromatic carbocycles. The van der Waals surface area contributed by atoms with E-state index in [1.54, 1.807) is 30.6 Å². The lowest BCUT2D eigenvalue weighted by atomic mass is 9.53. The van der Waals surface area contributed by atoms with Crippen LogP contribution in [0.15, 0.2) is 18.2 Å². The van der Waals surface area contributed by atoms with E-state index in [0.29, 0.717) is 28.9 Å². The summed E-state index contributed by atoms with van der Waals surface area (Å²) in [5.74, 6) is -0.260. The number of rotatable bonds is 7. The summed E-state index contributed by atoms with van der Waals surface area (Å²) in [6.45, 7) is 7.31. The fraction of sp³-hybridized carbons (Fsp3) is 0.600. The topological polar surface area (TPSA) is 83.5 Å². The van der Waals surface area contributed by atoms with Gasteiger partial charge in [-0.2, -0.15) is 0 Å². The second kappa shape index (κ2) is 10.3. The van der Waals surface area contributed by atoms with Crippen LogP contribution in [0.2, 0.25) is 10.0 Å². The van der Waals surface area contributed by atoms with Crippen LogP contribution in [0.3, 0.4) is 0 Å². The highest BCUT2D eigenvalue weighted by Crippen LogP contribution is 2.57. The zero-order valence-electron chi connectivity index (χ0n) is 20.0. The molecule has 0 radical (unpaired) electrons. The lowest BCUT2D eigenvalue weighted by Crippen LogP contribution is -2.53. The van der Waals surface area contributed by atoms with Crippen molar-refractivity contribution in [1.82, 2.24) is 10.3 Å². The fourth-order valence-electron chi connectivity index (χ4n) is 5.96. The highest BCUT2D eigenvalue weighted by atomic mass is 35.5. The average molecular weight is 527 g/mol. The van der Waals surface area contributed by atoms with Crippen LogP contribution in [0.5, 0.6) is 0 Å². The van der Waals surface area contributed by atoms with Gasteiger partial charge in [0.1, 0.15) is 0 Å². The van der Waals surface area contributed by atoms with Crippen molar-refractivity contribution in [3.05, 3.63) is 38.8 Å². The van der Waals surface area contributed by atoms with Crippen molar-refractivity contribution in [1.29, 1.82) is 0 Å². The van der Waals surface area contributed by atoms with Crippen LogP contribution in [-0.2, 0) is 16.0 Å². The van der Waals surface area contributed by atoms with Gasteiger partial charge in [0.15, 0.2) is 5.13 Å². The largest absolute Gasteiger partial charge is 0.392 e. The van der Waals surface area contributed by atoms with Crippen molar-refractivity contribution >= 4 is 51.3 Å². The lowest BCUT2D eigenvalue weighted by Gasteiger charge is -2.53. The molecular weight excluding hydrogens is 493 g/mol. The number of nitrogens with one attached hydrogen (secondary N) is 2. The van der Waals surface area contributed by atoms with Gasteiger partial charge in [-0.05, 0) is 48.6 Å². The number of carbonyl (C=O) groups excluding carboxylic acids is 1. The molecule has 0 aliphatic heterocycles. The zero-order chi connectivity index (χ0) is 24.6. The SMILES string of the molecule is COCCNC(=O)[C@@H](C)C1CC[C@@]2(C)Cc3sc(Nc4c(Cl)cccc4Cl)nc3[C@@H](C)[C@@H]2[C@H]1O. The van der Waals surface area contributed by atoms with E-state index >= 15 is 0 Å². The molecule has 1 heterocycles. The summed E-state index contributed by atoms with van der Waals surface area (Å²) >= 11 is 14.3. The second-order valence-corrected chi connectivity index (χ2v) is 11.9. The minimum absolute atomic E-state index is 0.0226. The molecule has 2 aromatic rings. The predicted octanol–water partition coefficient (Wildman–Crippen LogP) is 5.65. The van der Waals surface area contributed by atoms with E-state index < -0.39 is 6.10 Å². The van der Waals surface area contributed by atoms with Gasteiger partial charge in [0.25, 0.3) is 0 Å². The van der Waals surface area contributed by atoms with Gasteiger partial charge < -0.3 is 20.5 Å². The third kappa shape index (κ3) is 4.82. The molecular formula is C25H33Cl2N3O3S. The Bertz CT molecular complexity index is 1030. The number of methoxy groups -OCH3 is 1. The highest BCUT2D eigenvalue weighted by molar-refractivity contribution is 7.15. The van der Waals surface area contributed by atoms with E-state index in [4.69, 9.17) is 32.9 Å². The summed E-state index contributed by atoms with van der Waals surface area (Å²) in [4.78, 5) is 18.8. The van der Waals surface area contributed by atoms with Gasteiger partial charge in [0.2, 0.25) is 5.91 Å². The van der Waals surface area contributed by atoms with Gasteiger partial charge in [0, 0.05) is 30.4 Å². The minimum Gasteiger partial charge on any atom is -0.392 e. The van der Waals surface area contributed by atoms with Crippen molar-refractivity contribution < 1.29 is 14.6 Å². The molecule has 0 bridgehead atoms. The first kappa shape index (κ1) is 25.7. The molecule has 0 spiro atoms. The first-order valence-corrected chi connectivity index (χ1v) is 13.4. The Balaban J connectivity index is 1.55. The number of aromatic nitrogens is 1. The summed E-state index contributed by atoms with van der Waals surface area (Å²) in [6.07, 6.45) is 2.09. The highest BCUT2D eigenvalue weighted by Gasteiger charge is 2.53. The maximum absolute atomic E-state index is 12.7. The number of aliphatic hydroxyl groups is 1. The molecule has 2 aliphatic rings. The Morgan fingerprint density at radius 3 is 2.76 bits per heavy atom. The predicted molar refractivity (Wildman–Crippen MR) is 138 cm³/mol. The number of anilines is 2. The molecule has 9 heteroatoms. The number of hydrogen-bond acceptors (Lipinski definition) is 6. The number of nitrogens with zero attached hydrogens (tertiary/aromatic N) is 1. The number of ether oxygens (including phenoxy) is 1. The summed E-state index contributed by atoms with van der Waals surface area (Å²) in [6, 6.07) is 5.40. The number of halogens is 2. The van der Waals surface area contributed by atoms with Gasteiger partial charge in [-0.3, -0.25) is 4.79 Å². The third-order valence-corrected chi connectivity index (χ3v) is 9.39. The van der Waals surface area contributed by atoms with Crippen molar-refractivity contribution in [2.45, 2.75) is 52.1 Å². The van der Waals surface area contributed by atoms with E-state index in [9.17, 15) is 9.90 Å². The number of para-hydroxylation sites is 1. The van der Waals surface area contributed by atoms with Gasteiger partial charge >= 0.3 is 0 Å². The Morgan fingerprint density at radius 2 is 2.09 bits per heavy atom. The molecule has 1 aromatic heterocycles. The number of carbonyl (C=O) groups is 1. The molecule has 1 unspecified atom stereocenters. The zero-order valence-corrected chi connectivity index (χ0v) is 22.4. The van der Waals surface area contributed by atoms with Gasteiger partial charge in [-0.15, -0.1) is 11.3 Å². The Kier molecular flexibility index (Phi) is 7.80. The molecule has 1 fully saturated rings. The Morgan fingerprint density at radius 1 is 1.38 bits per heavy atom. The fourth-order valence-corrected chi connectivity index (χ4v) is 7.72. The number of thiazole rings is 1. The van der Waals surface area contributed by atoms with E-state index in [1.165, 1.54) is 4.88 Å². The van der Waals surface area contributed by atoms with Crippen LogP contribution >= 0.6 is 34.5 Å². The Hall–Kier alpha value is -1.38. The maximum Gasteiger partial charge on any atom is 0.223 e. The van der Waals surface area contributed by atoms with Gasteiger partial charge in [-0.25, -0.2) is 4.98 Å². The average Bonchev–Trinajstić information content (AvgIpc) is 3.18. The molecule has 186 valence electrons. The number of hydrogen-bond donors (Lipinski definition) is 3. The first-order chi connectivity index (χ1) is 16.2. The normalized spacial score (nSPS) is 29.1. The van der Waals surface area contributed by atoms with Crippen LogP contribution in [0.25, 0.3) is 0 Å². The smallest absolute Gasteiger partial charge is 0.223 e. The van der Waals surface area contributed by atoms with Gasteiger partial charge in [-0.1, -0.05) is 50.0 Å². The van der Waals surface area contributed by atoms with Crippen LogP contribution in [0.1, 0.15) is 50.1 Å². The van der Waals surface area contributed by atoms with Crippen LogP contribution in [0.4, 0.5) is 10.8 Å². The number of amides is 1. The molecule has 3 N–H and O–H groups in total. The van der Waals surface area contributed by atoms with Crippen molar-refractivity contribution in [2.24, 2.45) is 23.2 Å². The minimum atomic E-state index is -0.568. The van der Waals surface area contributed by atoms with E-state index in [1.807, 2.05) is 13.0 Å². The molecule has 0 saturated heterocycles. The number of benzene rings is 1. The molecule has 2 aliphatic carbocycles. The van der Waals surface area contributed by atoms with Crippen molar-refractivity contribution in [3.63, 3.8) is 0 Å². The summed E-state index contributed by atoms with van der Waals surface area (Å²) in [5, 5.41) is 19.6. The molecule has 34 heavy (non-hydrogen) atoms. The summed E-state index contributed by atoms with van der Waals surface area (Å²) in [5.41, 5.74) is 1.64. The monoisotopic (exact) mass is 525 g/mol. The second-order valence-electron chi connectivity index (χ2n) is 9.96. The van der Waals surface area contributed by atoms with Crippen molar-refractivity contribution in [2.75, 3.05) is 25.6 Å². The third-order valence-electron chi connectivity index (χ3n) is 7.78. The molecule has 6 nitrogen and oxygen atoms in total. The number of fused-ring (bicyclic) bond motifs is 2. The molecule has 4 rings (SSSR count). The summed E-state index contributed by atoms with van der Waals surface area (Å²) in [7, 11) is 1.61. The van der Waals surface area contributed by atoms with Crippen LogP contribution in [0, 0.1) is 23.2 Å².